The van der Waals surface area contributed by atoms with Crippen LogP contribution in [0.3, 0.4) is 0 Å². The van der Waals surface area contributed by atoms with E-state index in [9.17, 15) is 14.7 Å². The zero-order valence-electron chi connectivity index (χ0n) is 18.2. The van der Waals surface area contributed by atoms with Crippen molar-refractivity contribution in [1.82, 2.24) is 4.90 Å². The molecule has 4 rings (SSSR count). The topological polar surface area (TPSA) is 96.5 Å². The van der Waals surface area contributed by atoms with E-state index in [4.69, 9.17) is 13.9 Å². The number of benzene rings is 1. The highest BCUT2D eigenvalue weighted by molar-refractivity contribution is 6.46. The molecule has 1 aromatic heterocycles. The number of carbonyl (C=O) groups excluding carboxylic acids is 2. The third-order valence-electron chi connectivity index (χ3n) is 5.84. The normalized spacial score (nSPS) is 21.3. The molecule has 2 saturated heterocycles. The molecule has 2 aromatic rings. The third-order valence-corrected chi connectivity index (χ3v) is 5.84. The molecule has 2 fully saturated rings. The predicted octanol–water partition coefficient (Wildman–Crippen LogP) is 0.208. The van der Waals surface area contributed by atoms with Crippen LogP contribution in [0.25, 0.3) is 5.76 Å². The minimum atomic E-state index is -0.825. The number of nitrogens with one attached hydrogen (secondary N) is 1. The van der Waals surface area contributed by atoms with Gasteiger partial charge in [-0.25, -0.2) is 0 Å². The fourth-order valence-corrected chi connectivity index (χ4v) is 4.11. The zero-order valence-corrected chi connectivity index (χ0v) is 18.2. The van der Waals surface area contributed by atoms with E-state index in [0.29, 0.717) is 50.0 Å². The lowest BCUT2D eigenvalue weighted by Crippen LogP contribution is -3.14. The zero-order chi connectivity index (χ0) is 22.5. The van der Waals surface area contributed by atoms with E-state index < -0.39 is 23.5 Å². The van der Waals surface area contributed by atoms with E-state index in [1.807, 2.05) is 6.92 Å². The highest BCUT2D eigenvalue weighted by Crippen LogP contribution is 2.38. The summed E-state index contributed by atoms with van der Waals surface area (Å²) in [5, 5.41) is 13.3. The molecule has 1 unspecified atom stereocenters. The highest BCUT2D eigenvalue weighted by atomic mass is 16.5. The molecule has 0 aliphatic carbocycles. The number of rotatable bonds is 8. The number of hydrogen-bond donors (Lipinski definition) is 1. The fraction of sp³-hybridized carbons (Fsp3) is 0.417. The van der Waals surface area contributed by atoms with Gasteiger partial charge in [0, 0.05) is 5.57 Å². The Morgan fingerprint density at radius 3 is 2.59 bits per heavy atom. The summed E-state index contributed by atoms with van der Waals surface area (Å²) < 4.78 is 16.5. The SMILES string of the molecule is CCCOc1ccc(C([O-])=C2C(=O)C(=O)N(CC[NH+]3CCOCC3)C2c2ccco2)cc1. The van der Waals surface area contributed by atoms with Gasteiger partial charge in [0.15, 0.2) is 0 Å². The molecule has 1 aromatic carbocycles. The average molecular weight is 440 g/mol. The monoisotopic (exact) mass is 440 g/mol. The van der Waals surface area contributed by atoms with Crippen LogP contribution in [0.2, 0.25) is 0 Å². The largest absolute Gasteiger partial charge is 0.872 e. The van der Waals surface area contributed by atoms with Crippen molar-refractivity contribution >= 4 is 17.4 Å². The van der Waals surface area contributed by atoms with Gasteiger partial charge in [-0.1, -0.05) is 24.8 Å². The van der Waals surface area contributed by atoms with Crippen LogP contribution >= 0.6 is 0 Å². The second kappa shape index (κ2) is 10.0. The first-order valence-electron chi connectivity index (χ1n) is 11.0. The summed E-state index contributed by atoms with van der Waals surface area (Å²) in [7, 11) is 0. The molecular formula is C24H28N2O6. The van der Waals surface area contributed by atoms with Crippen LogP contribution in [0, 0.1) is 0 Å². The van der Waals surface area contributed by atoms with E-state index in [1.54, 1.807) is 36.4 Å². The van der Waals surface area contributed by atoms with Crippen molar-refractivity contribution in [2.45, 2.75) is 19.4 Å². The number of furan rings is 1. The summed E-state index contributed by atoms with van der Waals surface area (Å²) in [5.41, 5.74) is 0.270. The molecule has 3 heterocycles. The van der Waals surface area contributed by atoms with Gasteiger partial charge in [0.05, 0.1) is 39.2 Å². The Hall–Kier alpha value is -3.10. The molecule has 1 N–H and O–H groups in total. The standard InChI is InChI=1S/C24H28N2O6/c1-2-13-31-18-7-5-17(6-8-18)22(27)20-21(19-4-3-14-32-19)26(24(29)23(20)28)10-9-25-11-15-30-16-12-25/h3-8,14,21,27H,2,9-13,15-16H2,1H3. The number of carbonyl (C=O) groups is 2. The Balaban J connectivity index is 1.63. The van der Waals surface area contributed by atoms with Crippen molar-refractivity contribution in [2.24, 2.45) is 0 Å². The predicted molar refractivity (Wildman–Crippen MR) is 114 cm³/mol. The van der Waals surface area contributed by atoms with Crippen molar-refractivity contribution in [2.75, 3.05) is 46.0 Å². The molecule has 0 spiro atoms. The number of Topliss-reactive ketones (excluding diaryl/α,β-unsaturated/α-hetero) is 1. The van der Waals surface area contributed by atoms with Crippen molar-refractivity contribution in [3.8, 4) is 5.75 Å². The average Bonchev–Trinajstić information content (AvgIpc) is 3.44. The van der Waals surface area contributed by atoms with Crippen LogP contribution in [0.5, 0.6) is 5.75 Å². The lowest BCUT2D eigenvalue weighted by atomic mass is 9.99. The maximum Gasteiger partial charge on any atom is 0.295 e. The van der Waals surface area contributed by atoms with Crippen LogP contribution in [0.15, 0.2) is 52.7 Å². The van der Waals surface area contributed by atoms with Crippen molar-refractivity contribution in [3.63, 3.8) is 0 Å². The molecule has 0 radical (unpaired) electrons. The van der Waals surface area contributed by atoms with Crippen molar-refractivity contribution < 1.29 is 33.5 Å². The van der Waals surface area contributed by atoms with Crippen LogP contribution in [0.1, 0.15) is 30.7 Å². The first-order valence-corrected chi connectivity index (χ1v) is 11.0. The summed E-state index contributed by atoms with van der Waals surface area (Å²) in [4.78, 5) is 28.6. The Morgan fingerprint density at radius 2 is 1.94 bits per heavy atom. The van der Waals surface area contributed by atoms with Gasteiger partial charge in [-0.15, -0.1) is 0 Å². The van der Waals surface area contributed by atoms with Crippen LogP contribution < -0.4 is 14.7 Å². The van der Waals surface area contributed by atoms with Gasteiger partial charge in [-0.2, -0.15) is 0 Å². The quantitative estimate of drug-likeness (QED) is 0.358. The Labute approximate surface area is 187 Å². The van der Waals surface area contributed by atoms with Gasteiger partial charge >= 0.3 is 0 Å². The molecule has 32 heavy (non-hydrogen) atoms. The maximum absolute atomic E-state index is 13.3. The van der Waals surface area contributed by atoms with E-state index in [-0.39, 0.29) is 5.57 Å². The first kappa shape index (κ1) is 22.1. The minimum absolute atomic E-state index is 0.0656. The molecular weight excluding hydrogens is 412 g/mol. The Kier molecular flexibility index (Phi) is 6.92. The molecule has 2 aliphatic rings. The molecule has 8 heteroatoms. The third kappa shape index (κ3) is 4.56. The van der Waals surface area contributed by atoms with Crippen LogP contribution in [0.4, 0.5) is 0 Å². The van der Waals surface area contributed by atoms with Gasteiger partial charge in [0.2, 0.25) is 5.78 Å². The van der Waals surface area contributed by atoms with Gasteiger partial charge in [0.1, 0.15) is 30.6 Å². The Bertz CT molecular complexity index is 961. The van der Waals surface area contributed by atoms with Crippen LogP contribution in [-0.4, -0.2) is 62.6 Å². The Morgan fingerprint density at radius 1 is 1.19 bits per heavy atom. The van der Waals surface area contributed by atoms with Gasteiger partial charge in [0.25, 0.3) is 5.91 Å². The number of ether oxygens (including phenoxy) is 2. The van der Waals surface area contributed by atoms with Gasteiger partial charge in [-0.05, 0) is 36.2 Å². The lowest BCUT2D eigenvalue weighted by molar-refractivity contribution is -0.907. The molecule has 1 atom stereocenters. The van der Waals surface area contributed by atoms with E-state index >= 15 is 0 Å². The number of ketones is 1. The van der Waals surface area contributed by atoms with Gasteiger partial charge in [-0.3, -0.25) is 9.59 Å². The summed E-state index contributed by atoms with van der Waals surface area (Å²) >= 11 is 0. The highest BCUT2D eigenvalue weighted by Gasteiger charge is 2.45. The number of nitrogens with zero attached hydrogens (tertiary/aromatic N) is 1. The number of hydrogen-bond acceptors (Lipinski definition) is 6. The number of morpholine rings is 1. The fourth-order valence-electron chi connectivity index (χ4n) is 4.11. The second-order valence-electron chi connectivity index (χ2n) is 7.97. The summed E-state index contributed by atoms with van der Waals surface area (Å²) in [6.45, 7) is 6.68. The van der Waals surface area contributed by atoms with Crippen molar-refractivity contribution in [1.29, 1.82) is 0 Å². The molecule has 8 nitrogen and oxygen atoms in total. The van der Waals surface area contributed by atoms with E-state index in [2.05, 4.69) is 0 Å². The molecule has 170 valence electrons. The number of amides is 1. The molecule has 0 saturated carbocycles. The lowest BCUT2D eigenvalue weighted by Gasteiger charge is -2.29. The summed E-state index contributed by atoms with van der Waals surface area (Å²) in [6, 6.07) is 9.21. The number of quaternary nitrogens is 1. The minimum Gasteiger partial charge on any atom is -0.872 e. The first-order chi connectivity index (χ1) is 15.6. The summed E-state index contributed by atoms with van der Waals surface area (Å²) in [5.74, 6) is -0.828. The smallest absolute Gasteiger partial charge is 0.295 e. The van der Waals surface area contributed by atoms with E-state index in [1.165, 1.54) is 16.1 Å². The molecule has 2 aliphatic heterocycles. The molecule has 0 bridgehead atoms. The summed E-state index contributed by atoms with van der Waals surface area (Å²) in [6.07, 6.45) is 2.36. The van der Waals surface area contributed by atoms with Crippen molar-refractivity contribution in [3.05, 3.63) is 59.6 Å². The molecule has 1 amide bonds. The van der Waals surface area contributed by atoms with Gasteiger partial charge < -0.3 is 28.8 Å². The van der Waals surface area contributed by atoms with Crippen LogP contribution in [-0.2, 0) is 14.3 Å². The van der Waals surface area contributed by atoms with E-state index in [0.717, 1.165) is 19.5 Å². The maximum atomic E-state index is 13.3. The number of likely N-dealkylation sites (tertiary alicyclic amines) is 1. The second-order valence-corrected chi connectivity index (χ2v) is 7.97.